The number of esters is 1. The van der Waals surface area contributed by atoms with Gasteiger partial charge in [0.15, 0.2) is 5.78 Å². The molecule has 8 nitrogen and oxygen atoms in total. The predicted octanol–water partition coefficient (Wildman–Crippen LogP) is 2.79. The predicted molar refractivity (Wildman–Crippen MR) is 108 cm³/mol. The van der Waals surface area contributed by atoms with Gasteiger partial charge in [0.1, 0.15) is 11.6 Å². The van der Waals surface area contributed by atoms with Crippen LogP contribution in [0.5, 0.6) is 0 Å². The highest BCUT2D eigenvalue weighted by molar-refractivity contribution is 6.34. The summed E-state index contributed by atoms with van der Waals surface area (Å²) in [6, 6.07) is 3.97. The Hall–Kier alpha value is -2.61. The average Bonchev–Trinajstić information content (AvgIpc) is 2.61. The maximum Gasteiger partial charge on any atom is 0.408 e. The first-order valence-corrected chi connectivity index (χ1v) is 9.44. The zero-order valence-corrected chi connectivity index (χ0v) is 18.0. The highest BCUT2D eigenvalue weighted by Crippen LogP contribution is 2.19. The molecule has 0 aromatic heterocycles. The first-order valence-electron chi connectivity index (χ1n) is 9.07. The van der Waals surface area contributed by atoms with Crippen LogP contribution in [-0.2, 0) is 19.1 Å². The molecule has 2 N–H and O–H groups in total. The zero-order chi connectivity index (χ0) is 22.2. The lowest BCUT2D eigenvalue weighted by atomic mass is 10.1. The van der Waals surface area contributed by atoms with E-state index in [0.29, 0.717) is 5.56 Å². The van der Waals surface area contributed by atoms with Crippen LogP contribution in [0.15, 0.2) is 18.2 Å². The van der Waals surface area contributed by atoms with Gasteiger partial charge >= 0.3 is 12.1 Å². The Morgan fingerprint density at radius 3 is 2.38 bits per heavy atom. The molecule has 1 aromatic carbocycles. The van der Waals surface area contributed by atoms with E-state index in [-0.39, 0.29) is 35.8 Å². The molecule has 29 heavy (non-hydrogen) atoms. The third-order valence-electron chi connectivity index (χ3n) is 3.78. The molecule has 160 valence electrons. The van der Waals surface area contributed by atoms with Crippen LogP contribution in [0.25, 0.3) is 0 Å². The van der Waals surface area contributed by atoms with Crippen LogP contribution in [-0.4, -0.2) is 49.1 Å². The number of halogens is 1. The van der Waals surface area contributed by atoms with Gasteiger partial charge in [-0.05, 0) is 45.7 Å². The van der Waals surface area contributed by atoms with Gasteiger partial charge in [0.05, 0.1) is 24.2 Å². The summed E-state index contributed by atoms with van der Waals surface area (Å²) in [5.41, 5.74) is 0.224. The molecule has 0 fully saturated rings. The highest BCUT2D eigenvalue weighted by atomic mass is 35.5. The normalized spacial score (nSPS) is 11.9. The number of carbonyl (C=O) groups excluding carboxylic acids is 4. The van der Waals surface area contributed by atoms with E-state index >= 15 is 0 Å². The molecule has 0 heterocycles. The first kappa shape index (κ1) is 24.4. The summed E-state index contributed by atoms with van der Waals surface area (Å²) in [6.07, 6.45) is -0.758. The molecule has 0 unspecified atom stereocenters. The maximum atomic E-state index is 12.5. The van der Waals surface area contributed by atoms with Crippen molar-refractivity contribution in [2.45, 2.75) is 52.2 Å². The largest absolute Gasteiger partial charge is 0.467 e. The molecule has 0 radical (unpaired) electrons. The van der Waals surface area contributed by atoms with Gasteiger partial charge in [0.2, 0.25) is 0 Å². The molecule has 2 amide bonds. The minimum atomic E-state index is -1.03. The van der Waals surface area contributed by atoms with Gasteiger partial charge in [-0.2, -0.15) is 0 Å². The second kappa shape index (κ2) is 10.8. The minimum absolute atomic E-state index is 0.0107. The molecule has 0 saturated carbocycles. The average molecular weight is 427 g/mol. The van der Waals surface area contributed by atoms with E-state index in [1.54, 1.807) is 45.9 Å². The molecule has 0 spiro atoms. The fraction of sp³-hybridized carbons (Fsp3) is 0.500. The number of hydrogen-bond donors (Lipinski definition) is 2. The van der Waals surface area contributed by atoms with Crippen molar-refractivity contribution in [3.05, 3.63) is 34.3 Å². The summed E-state index contributed by atoms with van der Waals surface area (Å²) >= 11 is 6.08. The third kappa shape index (κ3) is 8.51. The number of methoxy groups -OCH3 is 1. The fourth-order valence-corrected chi connectivity index (χ4v) is 2.73. The molecule has 1 rings (SSSR count). The number of Topliss-reactive ketones (excluding diaryl/α,β-unsaturated/α-hetero) is 1. The Kier molecular flexibility index (Phi) is 9.10. The Labute approximate surface area is 175 Å². The van der Waals surface area contributed by atoms with Crippen molar-refractivity contribution in [1.82, 2.24) is 10.6 Å². The number of ether oxygens (including phenoxy) is 2. The molecule has 0 aliphatic carbocycles. The lowest BCUT2D eigenvalue weighted by molar-refractivity contribution is -0.143. The maximum absolute atomic E-state index is 12.5. The highest BCUT2D eigenvalue weighted by Gasteiger charge is 2.25. The van der Waals surface area contributed by atoms with Gasteiger partial charge < -0.3 is 20.1 Å². The lowest BCUT2D eigenvalue weighted by Gasteiger charge is -2.20. The van der Waals surface area contributed by atoms with Gasteiger partial charge in [0.25, 0.3) is 5.91 Å². The lowest BCUT2D eigenvalue weighted by Crippen LogP contribution is -2.42. The molecule has 0 saturated heterocycles. The van der Waals surface area contributed by atoms with Crippen molar-refractivity contribution in [1.29, 1.82) is 0 Å². The summed E-state index contributed by atoms with van der Waals surface area (Å²) < 4.78 is 9.75. The van der Waals surface area contributed by atoms with E-state index < -0.39 is 29.6 Å². The zero-order valence-electron chi connectivity index (χ0n) is 17.3. The summed E-state index contributed by atoms with van der Waals surface area (Å²) in [5, 5.41) is 5.16. The molecular formula is C20H27ClN2O6. The van der Waals surface area contributed by atoms with E-state index in [1.165, 1.54) is 7.11 Å². The van der Waals surface area contributed by atoms with Crippen molar-refractivity contribution in [3.8, 4) is 0 Å². The number of benzene rings is 1. The SMILES string of the molecule is COC(=O)[C@H](CCC(=O)CNC(=O)OC(C)(C)C)NC(=O)c1c(C)cccc1Cl. The number of hydrogen-bond acceptors (Lipinski definition) is 6. The van der Waals surface area contributed by atoms with Crippen molar-refractivity contribution in [2.24, 2.45) is 0 Å². The number of alkyl carbamates (subject to hydrolysis) is 1. The van der Waals surface area contributed by atoms with Gasteiger partial charge in [0, 0.05) is 6.42 Å². The number of amides is 2. The standard InChI is InChI=1S/C20H27ClN2O6/c1-12-7-6-8-14(21)16(12)17(25)23-15(18(26)28-5)10-9-13(24)11-22-19(27)29-20(2,3)4/h6-8,15H,9-11H2,1-5H3,(H,22,27)(H,23,25)/t15-/m0/s1. The number of ketones is 1. The summed E-state index contributed by atoms with van der Waals surface area (Å²) in [7, 11) is 1.19. The number of aryl methyl sites for hydroxylation is 1. The van der Waals surface area contributed by atoms with Crippen LogP contribution in [0, 0.1) is 6.92 Å². The van der Waals surface area contributed by atoms with E-state index in [2.05, 4.69) is 10.6 Å². The Morgan fingerprint density at radius 2 is 1.83 bits per heavy atom. The summed E-state index contributed by atoms with van der Waals surface area (Å²) in [6.45, 7) is 6.59. The second-order valence-corrected chi connectivity index (χ2v) is 7.82. The fourth-order valence-electron chi connectivity index (χ4n) is 2.42. The Morgan fingerprint density at radius 1 is 1.17 bits per heavy atom. The van der Waals surface area contributed by atoms with E-state index in [0.717, 1.165) is 0 Å². The molecule has 1 atom stereocenters. The van der Waals surface area contributed by atoms with Crippen LogP contribution >= 0.6 is 11.6 Å². The molecule has 0 aliphatic rings. The van der Waals surface area contributed by atoms with Crippen LogP contribution in [0.2, 0.25) is 5.02 Å². The van der Waals surface area contributed by atoms with E-state index in [1.807, 2.05) is 0 Å². The van der Waals surface area contributed by atoms with E-state index in [9.17, 15) is 19.2 Å². The molecular weight excluding hydrogens is 400 g/mol. The van der Waals surface area contributed by atoms with Crippen LogP contribution < -0.4 is 10.6 Å². The van der Waals surface area contributed by atoms with Gasteiger partial charge in [-0.15, -0.1) is 0 Å². The molecule has 0 bridgehead atoms. The topological polar surface area (TPSA) is 111 Å². The van der Waals surface area contributed by atoms with Crippen molar-refractivity contribution < 1.29 is 28.7 Å². The third-order valence-corrected chi connectivity index (χ3v) is 4.10. The molecule has 0 aliphatic heterocycles. The summed E-state index contributed by atoms with van der Waals surface area (Å²) in [5.74, 6) is -1.55. The van der Waals surface area contributed by atoms with Gasteiger partial charge in [-0.1, -0.05) is 23.7 Å². The number of nitrogens with one attached hydrogen (secondary N) is 2. The van der Waals surface area contributed by atoms with Crippen LogP contribution in [0.4, 0.5) is 4.79 Å². The first-order chi connectivity index (χ1) is 13.4. The van der Waals surface area contributed by atoms with E-state index in [4.69, 9.17) is 21.1 Å². The van der Waals surface area contributed by atoms with Crippen molar-refractivity contribution >= 4 is 35.4 Å². The second-order valence-electron chi connectivity index (χ2n) is 7.41. The smallest absolute Gasteiger partial charge is 0.408 e. The van der Waals surface area contributed by atoms with Gasteiger partial charge in [-0.25, -0.2) is 9.59 Å². The Balaban J connectivity index is 2.66. The minimum Gasteiger partial charge on any atom is -0.467 e. The number of carbonyl (C=O) groups is 4. The number of rotatable bonds is 8. The summed E-state index contributed by atoms with van der Waals surface area (Å²) in [4.78, 5) is 48.2. The Bertz CT molecular complexity index is 752. The van der Waals surface area contributed by atoms with Gasteiger partial charge in [-0.3, -0.25) is 9.59 Å². The van der Waals surface area contributed by atoms with Crippen molar-refractivity contribution in [3.63, 3.8) is 0 Å². The molecule has 1 aromatic rings. The van der Waals surface area contributed by atoms with Crippen molar-refractivity contribution in [2.75, 3.05) is 13.7 Å². The van der Waals surface area contributed by atoms with Crippen LogP contribution in [0.1, 0.15) is 49.5 Å². The monoisotopic (exact) mass is 426 g/mol. The van der Waals surface area contributed by atoms with Crippen LogP contribution in [0.3, 0.4) is 0 Å². The molecule has 9 heteroatoms. The quantitative estimate of drug-likeness (QED) is 0.618.